The SMILES string of the molecule is CC.CC.CC.Cc1cc(Oc2c(C)cc(C[C@@H](N)C(=O)O)cc2C)ccc1O. The van der Waals surface area contributed by atoms with Crippen molar-refractivity contribution < 1.29 is 19.7 Å². The minimum absolute atomic E-state index is 0.226. The lowest BCUT2D eigenvalue weighted by atomic mass is 10.0. The van der Waals surface area contributed by atoms with Crippen LogP contribution in [0.5, 0.6) is 17.2 Å². The number of nitrogens with two attached hydrogens (primary N) is 1. The van der Waals surface area contributed by atoms with Gasteiger partial charge in [-0.05, 0) is 67.6 Å². The Morgan fingerprint density at radius 3 is 1.83 bits per heavy atom. The van der Waals surface area contributed by atoms with Gasteiger partial charge in [-0.2, -0.15) is 0 Å². The van der Waals surface area contributed by atoms with E-state index in [1.54, 1.807) is 25.1 Å². The molecule has 0 heterocycles. The van der Waals surface area contributed by atoms with Crippen LogP contribution >= 0.6 is 0 Å². The number of hydrogen-bond acceptors (Lipinski definition) is 4. The average Bonchev–Trinajstić information content (AvgIpc) is 2.72. The number of aryl methyl sites for hydroxylation is 3. The molecule has 2 aromatic rings. The third-order valence-electron chi connectivity index (χ3n) is 3.68. The van der Waals surface area contributed by atoms with E-state index < -0.39 is 12.0 Å². The number of carbonyl (C=O) groups is 1. The molecule has 29 heavy (non-hydrogen) atoms. The molecule has 164 valence electrons. The molecule has 0 unspecified atom stereocenters. The van der Waals surface area contributed by atoms with Gasteiger partial charge < -0.3 is 20.7 Å². The summed E-state index contributed by atoms with van der Waals surface area (Å²) in [4.78, 5) is 10.9. The second kappa shape index (κ2) is 15.4. The lowest BCUT2D eigenvalue weighted by Crippen LogP contribution is -2.32. The van der Waals surface area contributed by atoms with Crippen molar-refractivity contribution in [2.75, 3.05) is 0 Å². The minimum atomic E-state index is -1.01. The van der Waals surface area contributed by atoms with Gasteiger partial charge in [-0.1, -0.05) is 53.7 Å². The second-order valence-corrected chi connectivity index (χ2v) is 5.76. The molecule has 2 aromatic carbocycles. The molecular weight excluding hydrogens is 366 g/mol. The first kappa shape index (κ1) is 28.7. The van der Waals surface area contributed by atoms with Crippen LogP contribution < -0.4 is 10.5 Å². The molecule has 0 aromatic heterocycles. The Kier molecular flexibility index (Phi) is 15.2. The van der Waals surface area contributed by atoms with Crippen LogP contribution in [0.25, 0.3) is 0 Å². The van der Waals surface area contributed by atoms with E-state index in [0.717, 1.165) is 28.0 Å². The fourth-order valence-electron chi connectivity index (χ4n) is 2.47. The van der Waals surface area contributed by atoms with Crippen molar-refractivity contribution in [3.63, 3.8) is 0 Å². The maximum absolute atomic E-state index is 10.9. The minimum Gasteiger partial charge on any atom is -0.508 e. The zero-order chi connectivity index (χ0) is 23.1. The van der Waals surface area contributed by atoms with Crippen LogP contribution in [0, 0.1) is 20.8 Å². The summed E-state index contributed by atoms with van der Waals surface area (Å²) in [6.45, 7) is 17.6. The molecule has 0 aliphatic rings. The van der Waals surface area contributed by atoms with Crippen LogP contribution in [-0.4, -0.2) is 22.2 Å². The zero-order valence-corrected chi connectivity index (χ0v) is 19.5. The number of phenols is 1. The van der Waals surface area contributed by atoms with Gasteiger partial charge in [0.05, 0.1) is 0 Å². The van der Waals surface area contributed by atoms with Gasteiger partial charge in [0.1, 0.15) is 23.3 Å². The van der Waals surface area contributed by atoms with E-state index in [9.17, 15) is 9.90 Å². The Balaban J connectivity index is 0. The maximum Gasteiger partial charge on any atom is 0.320 e. The van der Waals surface area contributed by atoms with E-state index in [1.165, 1.54) is 0 Å². The van der Waals surface area contributed by atoms with Crippen molar-refractivity contribution >= 4 is 5.97 Å². The van der Waals surface area contributed by atoms with Crippen molar-refractivity contribution in [1.82, 2.24) is 0 Å². The van der Waals surface area contributed by atoms with E-state index in [-0.39, 0.29) is 12.2 Å². The molecule has 0 bridgehead atoms. The number of carboxylic acids is 1. The lowest BCUT2D eigenvalue weighted by molar-refractivity contribution is -0.138. The van der Waals surface area contributed by atoms with Crippen molar-refractivity contribution in [3.8, 4) is 17.2 Å². The molecule has 0 saturated heterocycles. The standard InChI is InChI=1S/C18H21NO4.3C2H6/c1-10-8-14(4-5-16(10)20)23-17-11(2)6-13(7-12(17)3)9-15(19)18(21)22;3*1-2/h4-8,15,20H,9,19H2,1-3H3,(H,21,22);3*1-2H3/t15-;;;/m1.../s1. The summed E-state index contributed by atoms with van der Waals surface area (Å²) in [6.07, 6.45) is 0.273. The van der Waals surface area contributed by atoms with Gasteiger partial charge in [-0.3, -0.25) is 4.79 Å². The fraction of sp³-hybridized carbons (Fsp3) is 0.458. The van der Waals surface area contributed by atoms with Crippen LogP contribution in [0.3, 0.4) is 0 Å². The normalized spacial score (nSPS) is 10.1. The van der Waals surface area contributed by atoms with Gasteiger partial charge in [-0.15, -0.1) is 0 Å². The first-order valence-electron chi connectivity index (χ1n) is 10.3. The van der Waals surface area contributed by atoms with E-state index in [0.29, 0.717) is 5.75 Å². The molecule has 0 saturated carbocycles. The number of ether oxygens (including phenoxy) is 1. The number of phenolic OH excluding ortho intramolecular Hbond substituents is 1. The number of carboxylic acid groups (broad SMARTS) is 1. The van der Waals surface area contributed by atoms with Gasteiger partial charge >= 0.3 is 5.97 Å². The van der Waals surface area contributed by atoms with E-state index in [4.69, 9.17) is 15.6 Å². The van der Waals surface area contributed by atoms with Gasteiger partial charge in [0, 0.05) is 0 Å². The van der Waals surface area contributed by atoms with Gasteiger partial charge in [0.25, 0.3) is 0 Å². The molecule has 4 N–H and O–H groups in total. The summed E-state index contributed by atoms with van der Waals surface area (Å²) >= 11 is 0. The molecule has 1 atom stereocenters. The quantitative estimate of drug-likeness (QED) is 0.555. The Bertz CT molecular complexity index is 719. The monoisotopic (exact) mass is 405 g/mol. The molecule has 5 heteroatoms. The van der Waals surface area contributed by atoms with Crippen LogP contribution in [0.1, 0.15) is 63.8 Å². The van der Waals surface area contributed by atoms with Gasteiger partial charge in [-0.25, -0.2) is 0 Å². The number of aromatic hydroxyl groups is 1. The second-order valence-electron chi connectivity index (χ2n) is 5.76. The number of aliphatic carboxylic acids is 1. The summed E-state index contributed by atoms with van der Waals surface area (Å²) in [7, 11) is 0. The van der Waals surface area contributed by atoms with Crippen LogP contribution in [0.2, 0.25) is 0 Å². The van der Waals surface area contributed by atoms with Crippen molar-refractivity contribution in [1.29, 1.82) is 0 Å². The summed E-state index contributed by atoms with van der Waals surface area (Å²) in [5.74, 6) is 0.577. The van der Waals surface area contributed by atoms with Crippen LogP contribution in [-0.2, 0) is 11.2 Å². The largest absolute Gasteiger partial charge is 0.508 e. The summed E-state index contributed by atoms with van der Waals surface area (Å²) in [5, 5.41) is 18.5. The summed E-state index contributed by atoms with van der Waals surface area (Å²) in [5.41, 5.74) is 9.00. The predicted molar refractivity (Wildman–Crippen MR) is 122 cm³/mol. The maximum atomic E-state index is 10.9. The fourth-order valence-corrected chi connectivity index (χ4v) is 2.47. The highest BCUT2D eigenvalue weighted by Gasteiger charge is 2.15. The lowest BCUT2D eigenvalue weighted by Gasteiger charge is -2.15. The molecule has 0 amide bonds. The molecule has 5 nitrogen and oxygen atoms in total. The molecule has 2 rings (SSSR count). The first-order valence-corrected chi connectivity index (χ1v) is 10.3. The Morgan fingerprint density at radius 2 is 1.41 bits per heavy atom. The highest BCUT2D eigenvalue weighted by Crippen LogP contribution is 2.32. The van der Waals surface area contributed by atoms with Crippen molar-refractivity contribution in [2.24, 2.45) is 5.73 Å². The molecular formula is C24H39NO4. The third-order valence-corrected chi connectivity index (χ3v) is 3.68. The van der Waals surface area contributed by atoms with Crippen molar-refractivity contribution in [3.05, 3.63) is 52.6 Å². The number of hydrogen-bond donors (Lipinski definition) is 3. The Hall–Kier alpha value is -2.53. The Morgan fingerprint density at radius 1 is 0.931 bits per heavy atom. The molecule has 0 aliphatic carbocycles. The summed E-state index contributed by atoms with van der Waals surface area (Å²) < 4.78 is 5.92. The van der Waals surface area contributed by atoms with Crippen molar-refractivity contribution in [2.45, 2.75) is 74.8 Å². The average molecular weight is 406 g/mol. The van der Waals surface area contributed by atoms with E-state index in [1.807, 2.05) is 67.5 Å². The topological polar surface area (TPSA) is 92.8 Å². The zero-order valence-electron chi connectivity index (χ0n) is 19.5. The molecule has 0 spiro atoms. The summed E-state index contributed by atoms with van der Waals surface area (Å²) in [6, 6.07) is 7.92. The number of benzene rings is 2. The van der Waals surface area contributed by atoms with Crippen LogP contribution in [0.4, 0.5) is 0 Å². The van der Waals surface area contributed by atoms with Gasteiger partial charge in [0.15, 0.2) is 0 Å². The highest BCUT2D eigenvalue weighted by atomic mass is 16.5. The van der Waals surface area contributed by atoms with Gasteiger partial charge in [0.2, 0.25) is 0 Å². The number of rotatable bonds is 5. The third kappa shape index (κ3) is 9.48. The Labute approximate surface area is 176 Å². The molecule has 0 fully saturated rings. The highest BCUT2D eigenvalue weighted by molar-refractivity contribution is 5.73. The molecule has 0 aliphatic heterocycles. The first-order chi connectivity index (χ1) is 13.8. The van der Waals surface area contributed by atoms with E-state index >= 15 is 0 Å². The smallest absolute Gasteiger partial charge is 0.320 e. The van der Waals surface area contributed by atoms with Crippen LogP contribution in [0.15, 0.2) is 30.3 Å². The van der Waals surface area contributed by atoms with E-state index in [2.05, 4.69) is 0 Å². The molecule has 0 radical (unpaired) electrons. The predicted octanol–water partition coefficient (Wildman–Crippen LogP) is 6.14.